The SMILES string of the molecule is O=C(Nc1ccc(CNC(=O)c2cccnn2)cc1)OCc1ccc(Cl)cc1. The van der Waals surface area contributed by atoms with Gasteiger partial charge in [0.1, 0.15) is 6.61 Å². The number of hydrogen-bond acceptors (Lipinski definition) is 5. The second-order valence-electron chi connectivity index (χ2n) is 5.82. The lowest BCUT2D eigenvalue weighted by Gasteiger charge is -2.09. The van der Waals surface area contributed by atoms with Crippen LogP contribution in [0.15, 0.2) is 66.9 Å². The number of halogens is 1. The lowest BCUT2D eigenvalue weighted by atomic mass is 10.2. The zero-order chi connectivity index (χ0) is 19.8. The molecular formula is C20H17ClN4O3. The minimum absolute atomic E-state index is 0.148. The van der Waals surface area contributed by atoms with Gasteiger partial charge in [-0.05, 0) is 47.5 Å². The average Bonchev–Trinajstić information content (AvgIpc) is 2.73. The number of carbonyl (C=O) groups is 2. The predicted octanol–water partition coefficient (Wildman–Crippen LogP) is 3.81. The topological polar surface area (TPSA) is 93.2 Å². The van der Waals surface area contributed by atoms with Crippen LogP contribution in [0, 0.1) is 0 Å². The minimum Gasteiger partial charge on any atom is -0.444 e. The standard InChI is InChI=1S/C20H17ClN4O3/c21-16-7-3-15(4-8-16)13-28-20(27)24-17-9-5-14(6-10-17)12-22-19(26)18-2-1-11-23-25-18/h1-11H,12-13H2,(H,22,26)(H,24,27). The maximum atomic E-state index is 11.9. The number of nitrogens with one attached hydrogen (secondary N) is 2. The summed E-state index contributed by atoms with van der Waals surface area (Å²) in [7, 11) is 0. The van der Waals surface area contributed by atoms with Gasteiger partial charge in [-0.25, -0.2) is 4.79 Å². The van der Waals surface area contributed by atoms with E-state index < -0.39 is 6.09 Å². The molecule has 0 unspecified atom stereocenters. The van der Waals surface area contributed by atoms with Crippen molar-refractivity contribution in [1.29, 1.82) is 0 Å². The average molecular weight is 397 g/mol. The molecule has 1 aromatic heterocycles. The Morgan fingerprint density at radius 3 is 2.36 bits per heavy atom. The zero-order valence-electron chi connectivity index (χ0n) is 14.8. The van der Waals surface area contributed by atoms with E-state index in [1.807, 2.05) is 0 Å². The molecule has 0 fully saturated rings. The lowest BCUT2D eigenvalue weighted by molar-refractivity contribution is 0.0945. The molecule has 0 spiro atoms. The number of carbonyl (C=O) groups excluding carboxylic acids is 2. The van der Waals surface area contributed by atoms with Gasteiger partial charge in [-0.3, -0.25) is 10.1 Å². The van der Waals surface area contributed by atoms with Crippen molar-refractivity contribution in [3.63, 3.8) is 0 Å². The minimum atomic E-state index is -0.557. The van der Waals surface area contributed by atoms with Gasteiger partial charge >= 0.3 is 6.09 Å². The van der Waals surface area contributed by atoms with E-state index in [9.17, 15) is 9.59 Å². The summed E-state index contributed by atoms with van der Waals surface area (Å²) in [5, 5.41) is 13.5. The highest BCUT2D eigenvalue weighted by molar-refractivity contribution is 6.30. The van der Waals surface area contributed by atoms with Crippen LogP contribution in [0.1, 0.15) is 21.6 Å². The van der Waals surface area contributed by atoms with Gasteiger partial charge in [-0.1, -0.05) is 35.9 Å². The lowest BCUT2D eigenvalue weighted by Crippen LogP contribution is -2.24. The first-order valence-electron chi connectivity index (χ1n) is 8.43. The van der Waals surface area contributed by atoms with Crippen molar-refractivity contribution in [3.05, 3.63) is 88.7 Å². The molecule has 7 nitrogen and oxygen atoms in total. The summed E-state index contributed by atoms with van der Waals surface area (Å²) in [5.41, 5.74) is 2.56. The Balaban J connectivity index is 1.45. The Morgan fingerprint density at radius 2 is 1.68 bits per heavy atom. The number of aromatic nitrogens is 2. The molecule has 1 heterocycles. The Labute approximate surface area is 166 Å². The summed E-state index contributed by atoms with van der Waals surface area (Å²) in [4.78, 5) is 23.8. The maximum Gasteiger partial charge on any atom is 0.411 e. The van der Waals surface area contributed by atoms with Crippen molar-refractivity contribution in [2.75, 3.05) is 5.32 Å². The van der Waals surface area contributed by atoms with Crippen molar-refractivity contribution in [2.24, 2.45) is 0 Å². The number of rotatable bonds is 6. The van der Waals surface area contributed by atoms with Crippen LogP contribution in [-0.4, -0.2) is 22.2 Å². The molecule has 28 heavy (non-hydrogen) atoms. The molecule has 0 aliphatic heterocycles. The third kappa shape index (κ3) is 5.78. The molecule has 2 N–H and O–H groups in total. The number of anilines is 1. The molecule has 142 valence electrons. The first kappa shape index (κ1) is 19.3. The van der Waals surface area contributed by atoms with E-state index in [2.05, 4.69) is 20.8 Å². The van der Waals surface area contributed by atoms with E-state index in [0.717, 1.165) is 11.1 Å². The molecule has 3 aromatic rings. The predicted molar refractivity (Wildman–Crippen MR) is 105 cm³/mol. The van der Waals surface area contributed by atoms with Crippen LogP contribution in [-0.2, 0) is 17.9 Å². The molecule has 3 rings (SSSR count). The second-order valence-corrected chi connectivity index (χ2v) is 6.25. The van der Waals surface area contributed by atoms with Crippen molar-refractivity contribution in [1.82, 2.24) is 15.5 Å². The summed E-state index contributed by atoms with van der Waals surface area (Å²) < 4.78 is 5.17. The molecule has 2 aromatic carbocycles. The number of benzene rings is 2. The quantitative estimate of drug-likeness (QED) is 0.660. The van der Waals surface area contributed by atoms with Crippen LogP contribution in [0.3, 0.4) is 0 Å². The fraction of sp³-hybridized carbons (Fsp3) is 0.100. The molecular weight excluding hydrogens is 380 g/mol. The van der Waals surface area contributed by atoms with Crippen LogP contribution in [0.5, 0.6) is 0 Å². The fourth-order valence-electron chi connectivity index (χ4n) is 2.28. The van der Waals surface area contributed by atoms with Gasteiger partial charge in [0, 0.05) is 23.5 Å². The molecule has 8 heteroatoms. The molecule has 0 aliphatic rings. The Hall–Kier alpha value is -3.45. The largest absolute Gasteiger partial charge is 0.444 e. The molecule has 0 aliphatic carbocycles. The number of ether oxygens (including phenoxy) is 1. The van der Waals surface area contributed by atoms with Crippen LogP contribution < -0.4 is 10.6 Å². The third-order valence-corrected chi connectivity index (χ3v) is 3.99. The van der Waals surface area contributed by atoms with Gasteiger partial charge in [0.05, 0.1) is 0 Å². The first-order valence-corrected chi connectivity index (χ1v) is 8.81. The molecule has 0 saturated heterocycles. The first-order chi connectivity index (χ1) is 13.6. The smallest absolute Gasteiger partial charge is 0.411 e. The Kier molecular flexibility index (Phi) is 6.54. The summed E-state index contributed by atoms with van der Waals surface area (Å²) in [6.07, 6.45) is 0.946. The summed E-state index contributed by atoms with van der Waals surface area (Å²) in [6.45, 7) is 0.478. The highest BCUT2D eigenvalue weighted by atomic mass is 35.5. The molecule has 0 bridgehead atoms. The normalized spacial score (nSPS) is 10.2. The van der Waals surface area contributed by atoms with Crippen LogP contribution in [0.4, 0.5) is 10.5 Å². The Bertz CT molecular complexity index is 932. The molecule has 0 saturated carbocycles. The molecule has 0 radical (unpaired) electrons. The van der Waals surface area contributed by atoms with Gasteiger partial charge in [-0.15, -0.1) is 5.10 Å². The molecule has 0 atom stereocenters. The van der Waals surface area contributed by atoms with Gasteiger partial charge in [0.15, 0.2) is 5.69 Å². The highest BCUT2D eigenvalue weighted by Crippen LogP contribution is 2.12. The van der Waals surface area contributed by atoms with E-state index in [-0.39, 0.29) is 18.2 Å². The van der Waals surface area contributed by atoms with Crippen molar-refractivity contribution < 1.29 is 14.3 Å². The summed E-state index contributed by atoms with van der Waals surface area (Å²) >= 11 is 5.82. The van der Waals surface area contributed by atoms with E-state index in [1.165, 1.54) is 6.20 Å². The van der Waals surface area contributed by atoms with Crippen molar-refractivity contribution >= 4 is 29.3 Å². The number of hydrogen-bond donors (Lipinski definition) is 2. The summed E-state index contributed by atoms with van der Waals surface area (Å²) in [6, 6.07) is 17.3. The zero-order valence-corrected chi connectivity index (χ0v) is 15.5. The van der Waals surface area contributed by atoms with Crippen LogP contribution in [0.2, 0.25) is 5.02 Å². The van der Waals surface area contributed by atoms with Crippen molar-refractivity contribution in [2.45, 2.75) is 13.2 Å². The van der Waals surface area contributed by atoms with Crippen molar-refractivity contribution in [3.8, 4) is 0 Å². The highest BCUT2D eigenvalue weighted by Gasteiger charge is 2.07. The Morgan fingerprint density at radius 1 is 0.964 bits per heavy atom. The summed E-state index contributed by atoms with van der Waals surface area (Å²) in [5.74, 6) is -0.305. The van der Waals surface area contributed by atoms with Gasteiger partial charge in [0.25, 0.3) is 5.91 Å². The maximum absolute atomic E-state index is 11.9. The monoisotopic (exact) mass is 396 g/mol. The van der Waals surface area contributed by atoms with E-state index in [4.69, 9.17) is 16.3 Å². The van der Waals surface area contributed by atoms with E-state index in [1.54, 1.807) is 60.7 Å². The van der Waals surface area contributed by atoms with Gasteiger partial charge in [-0.2, -0.15) is 5.10 Å². The van der Waals surface area contributed by atoms with E-state index in [0.29, 0.717) is 17.3 Å². The van der Waals surface area contributed by atoms with Crippen LogP contribution >= 0.6 is 11.6 Å². The van der Waals surface area contributed by atoms with E-state index >= 15 is 0 Å². The third-order valence-electron chi connectivity index (χ3n) is 3.74. The fourth-order valence-corrected chi connectivity index (χ4v) is 2.41. The van der Waals surface area contributed by atoms with Crippen LogP contribution in [0.25, 0.3) is 0 Å². The van der Waals surface area contributed by atoms with Gasteiger partial charge in [0.2, 0.25) is 0 Å². The second kappa shape index (κ2) is 9.48. The molecule has 2 amide bonds. The number of amides is 2. The van der Waals surface area contributed by atoms with Gasteiger partial charge < -0.3 is 10.1 Å². The number of nitrogens with zero attached hydrogens (tertiary/aromatic N) is 2.